The van der Waals surface area contributed by atoms with Crippen LogP contribution in [0.2, 0.25) is 0 Å². The van der Waals surface area contributed by atoms with E-state index >= 15 is 0 Å². The third-order valence-electron chi connectivity index (χ3n) is 4.33. The molecule has 3 aromatic rings. The van der Waals surface area contributed by atoms with Crippen molar-refractivity contribution < 1.29 is 27.2 Å². The Morgan fingerprint density at radius 3 is 2.50 bits per heavy atom. The first-order valence-electron chi connectivity index (χ1n) is 8.67. The maximum absolute atomic E-state index is 13.9. The van der Waals surface area contributed by atoms with Gasteiger partial charge in [0, 0.05) is 6.07 Å². The minimum absolute atomic E-state index is 0.0243. The molecule has 0 spiro atoms. The largest absolute Gasteiger partial charge is 0.455 e. The number of carbonyl (C=O) groups is 2. The summed E-state index contributed by atoms with van der Waals surface area (Å²) in [4.78, 5) is 26.3. The molecule has 0 saturated heterocycles. The van der Waals surface area contributed by atoms with E-state index in [1.807, 2.05) is 13.8 Å². The number of nitrogens with zero attached hydrogens (tertiary/aromatic N) is 1. The topological polar surface area (TPSA) is 102 Å². The lowest BCUT2D eigenvalue weighted by Crippen LogP contribution is -2.21. The average Bonchev–Trinajstić information content (AvgIpc) is 3.25. The second-order valence-corrected chi connectivity index (χ2v) is 6.12. The van der Waals surface area contributed by atoms with Crippen molar-refractivity contribution in [2.24, 2.45) is 5.73 Å². The molecule has 0 aliphatic carbocycles. The van der Waals surface area contributed by atoms with Gasteiger partial charge in [-0.05, 0) is 31.3 Å². The summed E-state index contributed by atoms with van der Waals surface area (Å²) in [6.45, 7) is 6.18. The number of rotatable bonds is 7. The molecule has 0 unspecified atom stereocenters. The van der Waals surface area contributed by atoms with Crippen LogP contribution < -0.4 is 11.1 Å². The summed E-state index contributed by atoms with van der Waals surface area (Å²) >= 11 is 0. The van der Waals surface area contributed by atoms with E-state index in [4.69, 9.17) is 14.6 Å². The summed E-state index contributed by atoms with van der Waals surface area (Å²) < 4.78 is 38.2. The summed E-state index contributed by atoms with van der Waals surface area (Å²) in [6, 6.07) is 4.68. The summed E-state index contributed by atoms with van der Waals surface area (Å²) in [7, 11) is 0. The second-order valence-electron chi connectivity index (χ2n) is 6.12. The first-order valence-corrected chi connectivity index (χ1v) is 8.67. The number of primary amides is 1. The fourth-order valence-corrected chi connectivity index (χ4v) is 2.85. The molecule has 0 radical (unpaired) electrons. The molecule has 9 heteroatoms. The van der Waals surface area contributed by atoms with Crippen molar-refractivity contribution in [3.8, 4) is 0 Å². The van der Waals surface area contributed by atoms with Crippen LogP contribution >= 0.6 is 0 Å². The Labute approximate surface area is 159 Å². The van der Waals surface area contributed by atoms with Crippen LogP contribution in [0.5, 0.6) is 0 Å². The van der Waals surface area contributed by atoms with Gasteiger partial charge in [-0.1, -0.05) is 13.8 Å². The van der Waals surface area contributed by atoms with E-state index in [-0.39, 0.29) is 22.4 Å². The van der Waals surface area contributed by atoms with Crippen molar-refractivity contribution in [2.75, 3.05) is 18.4 Å². The Morgan fingerprint density at radius 1 is 1.14 bits per heavy atom. The van der Waals surface area contributed by atoms with Crippen LogP contribution in [0.1, 0.15) is 40.7 Å². The van der Waals surface area contributed by atoms with Gasteiger partial charge in [-0.2, -0.15) is 0 Å². The number of halogens is 2. The minimum atomic E-state index is -1.03. The highest BCUT2D eigenvalue weighted by Gasteiger charge is 2.24. The molecule has 0 atom stereocenters. The minimum Gasteiger partial charge on any atom is -0.455 e. The normalized spacial score (nSPS) is 11.3. The number of benzene rings is 1. The van der Waals surface area contributed by atoms with Crippen LogP contribution in [0.4, 0.5) is 14.5 Å². The fraction of sp³-hybridized carbons (Fsp3) is 0.263. The second kappa shape index (κ2) is 7.81. The van der Waals surface area contributed by atoms with Gasteiger partial charge in [-0.15, -0.1) is 0 Å². The Balaban J connectivity index is 1.92. The van der Waals surface area contributed by atoms with Gasteiger partial charge in [0.25, 0.3) is 11.8 Å². The lowest BCUT2D eigenvalue weighted by atomic mass is 10.2. The van der Waals surface area contributed by atoms with E-state index in [0.29, 0.717) is 18.4 Å². The van der Waals surface area contributed by atoms with Crippen LogP contribution in [0.25, 0.3) is 11.0 Å². The molecular formula is C19H19F2N3O4. The van der Waals surface area contributed by atoms with Gasteiger partial charge in [0.15, 0.2) is 17.2 Å². The maximum Gasteiger partial charge on any atom is 0.291 e. The third-order valence-corrected chi connectivity index (χ3v) is 4.33. The Bertz CT molecular complexity index is 1040. The molecule has 0 fully saturated rings. The molecule has 2 aromatic heterocycles. The molecular weight excluding hydrogens is 372 g/mol. The molecule has 148 valence electrons. The third kappa shape index (κ3) is 3.74. The lowest BCUT2D eigenvalue weighted by molar-refractivity contribution is 0.0976. The van der Waals surface area contributed by atoms with Gasteiger partial charge in [-0.25, -0.2) is 8.78 Å². The van der Waals surface area contributed by atoms with E-state index in [2.05, 4.69) is 10.2 Å². The first kappa shape index (κ1) is 19.6. The molecule has 0 aliphatic rings. The molecule has 0 aliphatic heterocycles. The SMILES string of the molecule is CCN(CC)Cc1ccc(C(=O)Nc2c(C(N)=O)oc3c(F)cc(F)cc23)o1. The zero-order valence-electron chi connectivity index (χ0n) is 15.3. The van der Waals surface area contributed by atoms with E-state index in [1.54, 1.807) is 6.07 Å². The van der Waals surface area contributed by atoms with Gasteiger partial charge >= 0.3 is 0 Å². The number of nitrogens with one attached hydrogen (secondary N) is 1. The number of fused-ring (bicyclic) bond motifs is 1. The summed E-state index contributed by atoms with van der Waals surface area (Å²) in [5.41, 5.74) is 4.64. The smallest absolute Gasteiger partial charge is 0.291 e. The Morgan fingerprint density at radius 2 is 1.86 bits per heavy atom. The van der Waals surface area contributed by atoms with Gasteiger partial charge in [0.2, 0.25) is 5.76 Å². The number of anilines is 1. The van der Waals surface area contributed by atoms with Crippen molar-refractivity contribution >= 4 is 28.5 Å². The number of hydrogen-bond acceptors (Lipinski definition) is 5. The molecule has 1 aromatic carbocycles. The van der Waals surface area contributed by atoms with Crippen molar-refractivity contribution in [1.29, 1.82) is 0 Å². The van der Waals surface area contributed by atoms with Crippen LogP contribution in [-0.2, 0) is 6.54 Å². The van der Waals surface area contributed by atoms with Crippen molar-refractivity contribution in [3.63, 3.8) is 0 Å². The summed E-state index contributed by atoms with van der Waals surface area (Å²) in [5, 5.41) is 2.29. The number of furan rings is 2. The van der Waals surface area contributed by atoms with E-state index in [9.17, 15) is 18.4 Å². The van der Waals surface area contributed by atoms with Crippen LogP contribution in [0.3, 0.4) is 0 Å². The molecule has 0 saturated carbocycles. The zero-order valence-corrected chi connectivity index (χ0v) is 15.3. The van der Waals surface area contributed by atoms with E-state index in [0.717, 1.165) is 19.2 Å². The van der Waals surface area contributed by atoms with Crippen LogP contribution in [-0.4, -0.2) is 29.8 Å². The summed E-state index contributed by atoms with van der Waals surface area (Å²) in [6.07, 6.45) is 0. The highest BCUT2D eigenvalue weighted by atomic mass is 19.1. The first-order chi connectivity index (χ1) is 13.3. The monoisotopic (exact) mass is 391 g/mol. The van der Waals surface area contributed by atoms with Crippen LogP contribution in [0, 0.1) is 11.6 Å². The van der Waals surface area contributed by atoms with Crippen molar-refractivity contribution in [2.45, 2.75) is 20.4 Å². The maximum atomic E-state index is 13.9. The highest BCUT2D eigenvalue weighted by molar-refractivity contribution is 6.13. The standard InChI is InChI=1S/C19H19F2N3O4/c1-3-24(4-2)9-11-5-6-14(27-11)19(26)23-15-12-7-10(20)8-13(21)16(12)28-17(15)18(22)25/h5-8H,3-4,9H2,1-2H3,(H2,22,25)(H,23,26). The Hall–Kier alpha value is -3.20. The predicted molar refractivity (Wildman–Crippen MR) is 97.9 cm³/mol. The average molecular weight is 391 g/mol. The van der Waals surface area contributed by atoms with Crippen molar-refractivity contribution in [1.82, 2.24) is 4.90 Å². The predicted octanol–water partition coefficient (Wildman–Crippen LogP) is 3.50. The summed E-state index contributed by atoms with van der Waals surface area (Å²) in [5.74, 6) is -3.58. The molecule has 0 bridgehead atoms. The number of hydrogen-bond donors (Lipinski definition) is 2. The van der Waals surface area contributed by atoms with Crippen LogP contribution in [0.15, 0.2) is 33.1 Å². The lowest BCUT2D eigenvalue weighted by Gasteiger charge is -2.15. The quantitative estimate of drug-likeness (QED) is 0.642. The molecule has 2 amide bonds. The van der Waals surface area contributed by atoms with Crippen molar-refractivity contribution in [3.05, 3.63) is 53.2 Å². The molecule has 28 heavy (non-hydrogen) atoms. The highest BCUT2D eigenvalue weighted by Crippen LogP contribution is 2.33. The molecule has 3 rings (SSSR count). The van der Waals surface area contributed by atoms with Gasteiger partial charge in [0.1, 0.15) is 17.3 Å². The molecule has 3 N–H and O–H groups in total. The number of carbonyl (C=O) groups excluding carboxylic acids is 2. The Kier molecular flexibility index (Phi) is 5.46. The molecule has 2 heterocycles. The van der Waals surface area contributed by atoms with E-state index < -0.39 is 29.2 Å². The van der Waals surface area contributed by atoms with Gasteiger partial charge < -0.3 is 19.9 Å². The van der Waals surface area contributed by atoms with Gasteiger partial charge in [-0.3, -0.25) is 14.5 Å². The number of nitrogens with two attached hydrogens (primary N) is 1. The zero-order chi connectivity index (χ0) is 20.4. The van der Waals surface area contributed by atoms with E-state index in [1.165, 1.54) is 6.07 Å². The fourth-order valence-electron chi connectivity index (χ4n) is 2.85. The molecule has 7 nitrogen and oxygen atoms in total. The van der Waals surface area contributed by atoms with Gasteiger partial charge in [0.05, 0.1) is 11.9 Å². The number of amides is 2.